The largest absolute Gasteiger partial charge is 0.573 e. The molecule has 0 aliphatic carbocycles. The van der Waals surface area contributed by atoms with Gasteiger partial charge in [0.05, 0.1) is 6.26 Å². The Labute approximate surface area is 134 Å². The van der Waals surface area contributed by atoms with E-state index in [1.165, 1.54) is 24.5 Å². The van der Waals surface area contributed by atoms with Crippen LogP contribution in [0.5, 0.6) is 5.75 Å². The summed E-state index contributed by atoms with van der Waals surface area (Å²) in [5, 5.41) is 4.89. The van der Waals surface area contributed by atoms with Crippen molar-refractivity contribution in [3.63, 3.8) is 0 Å². The van der Waals surface area contributed by atoms with Gasteiger partial charge in [0.25, 0.3) is 5.91 Å². The van der Waals surface area contributed by atoms with Crippen LogP contribution in [0.1, 0.15) is 17.0 Å². The molecule has 0 saturated carbocycles. The molecule has 128 valence electrons. The topological polar surface area (TPSA) is 80.6 Å². The summed E-state index contributed by atoms with van der Waals surface area (Å²) in [4.78, 5) is 23.3. The van der Waals surface area contributed by atoms with Crippen LogP contribution in [0.25, 0.3) is 0 Å². The number of ether oxygens (including phenoxy) is 1. The van der Waals surface area contributed by atoms with E-state index < -0.39 is 23.9 Å². The van der Waals surface area contributed by atoms with Gasteiger partial charge in [-0.15, -0.1) is 13.2 Å². The molecule has 2 rings (SSSR count). The van der Waals surface area contributed by atoms with Crippen molar-refractivity contribution in [2.24, 2.45) is 0 Å². The molecule has 0 atom stereocenters. The lowest BCUT2D eigenvalue weighted by Crippen LogP contribution is -2.27. The van der Waals surface area contributed by atoms with E-state index in [0.717, 1.165) is 12.1 Å². The molecule has 1 aromatic heterocycles. The number of anilines is 1. The molecule has 6 nitrogen and oxygen atoms in total. The first kappa shape index (κ1) is 17.4. The number of halogens is 3. The Kier molecular flexibility index (Phi) is 5.46. The molecule has 0 saturated heterocycles. The van der Waals surface area contributed by atoms with E-state index >= 15 is 0 Å². The standard InChI is InChI=1S/C15H13F3N2O4/c16-15(17,18)24-11-4-1-3-10(9-11)20-13(21)6-7-19-14(22)12-5-2-8-23-12/h1-5,8-9H,6-7H2,(H,19,22)(H,20,21). The summed E-state index contributed by atoms with van der Waals surface area (Å²) in [5.74, 6) is -1.26. The first-order valence-corrected chi connectivity index (χ1v) is 6.81. The molecular formula is C15H13F3N2O4. The minimum absolute atomic E-state index is 0.0457. The second kappa shape index (κ2) is 7.53. The molecular weight excluding hydrogens is 329 g/mol. The number of carbonyl (C=O) groups excluding carboxylic acids is 2. The minimum atomic E-state index is -4.81. The second-order valence-electron chi connectivity index (χ2n) is 4.61. The highest BCUT2D eigenvalue weighted by Crippen LogP contribution is 2.25. The molecule has 0 aliphatic rings. The highest BCUT2D eigenvalue weighted by atomic mass is 19.4. The predicted molar refractivity (Wildman–Crippen MR) is 77.4 cm³/mol. The molecule has 1 aromatic carbocycles. The van der Waals surface area contributed by atoms with Crippen LogP contribution >= 0.6 is 0 Å². The van der Waals surface area contributed by atoms with Crippen LogP contribution in [-0.2, 0) is 4.79 Å². The van der Waals surface area contributed by atoms with Gasteiger partial charge < -0.3 is 19.8 Å². The Morgan fingerprint density at radius 1 is 1.17 bits per heavy atom. The van der Waals surface area contributed by atoms with Gasteiger partial charge in [-0.25, -0.2) is 0 Å². The van der Waals surface area contributed by atoms with Crippen molar-refractivity contribution >= 4 is 17.5 Å². The summed E-state index contributed by atoms with van der Waals surface area (Å²) < 4.78 is 45.1. The molecule has 0 bridgehead atoms. The highest BCUT2D eigenvalue weighted by molar-refractivity contribution is 5.93. The molecule has 0 unspecified atom stereocenters. The van der Waals surface area contributed by atoms with Gasteiger partial charge in [-0.05, 0) is 24.3 Å². The van der Waals surface area contributed by atoms with Gasteiger partial charge in [0.15, 0.2) is 5.76 Å². The van der Waals surface area contributed by atoms with Crippen molar-refractivity contribution in [3.05, 3.63) is 48.4 Å². The molecule has 2 N–H and O–H groups in total. The lowest BCUT2D eigenvalue weighted by atomic mass is 10.3. The Balaban J connectivity index is 1.80. The van der Waals surface area contributed by atoms with E-state index in [-0.39, 0.29) is 24.4 Å². The van der Waals surface area contributed by atoms with Crippen molar-refractivity contribution in [1.29, 1.82) is 0 Å². The van der Waals surface area contributed by atoms with Crippen molar-refractivity contribution in [2.75, 3.05) is 11.9 Å². The average molecular weight is 342 g/mol. The van der Waals surface area contributed by atoms with E-state index in [9.17, 15) is 22.8 Å². The van der Waals surface area contributed by atoms with Crippen molar-refractivity contribution in [2.45, 2.75) is 12.8 Å². The molecule has 24 heavy (non-hydrogen) atoms. The van der Waals surface area contributed by atoms with Crippen LogP contribution in [0.2, 0.25) is 0 Å². The number of carbonyl (C=O) groups is 2. The third-order valence-electron chi connectivity index (χ3n) is 2.73. The number of rotatable bonds is 6. The number of benzene rings is 1. The Morgan fingerprint density at radius 2 is 1.96 bits per heavy atom. The van der Waals surface area contributed by atoms with Gasteiger partial charge >= 0.3 is 6.36 Å². The monoisotopic (exact) mass is 342 g/mol. The lowest BCUT2D eigenvalue weighted by molar-refractivity contribution is -0.274. The van der Waals surface area contributed by atoms with Gasteiger partial charge in [0, 0.05) is 24.7 Å². The summed E-state index contributed by atoms with van der Waals surface area (Å²) in [7, 11) is 0. The zero-order valence-electron chi connectivity index (χ0n) is 12.2. The van der Waals surface area contributed by atoms with Crippen molar-refractivity contribution in [3.8, 4) is 5.75 Å². The zero-order valence-corrected chi connectivity index (χ0v) is 12.2. The fraction of sp³-hybridized carbons (Fsp3) is 0.200. The van der Waals surface area contributed by atoms with Crippen LogP contribution in [0.15, 0.2) is 47.1 Å². The molecule has 0 radical (unpaired) electrons. The quantitative estimate of drug-likeness (QED) is 0.846. The highest BCUT2D eigenvalue weighted by Gasteiger charge is 2.31. The molecule has 0 aliphatic heterocycles. The van der Waals surface area contributed by atoms with E-state index in [4.69, 9.17) is 4.42 Å². The predicted octanol–water partition coefficient (Wildman–Crippen LogP) is 2.94. The zero-order chi connectivity index (χ0) is 17.6. The summed E-state index contributed by atoms with van der Waals surface area (Å²) in [6.45, 7) is 0.0457. The number of furan rings is 1. The molecule has 9 heteroatoms. The molecule has 0 fully saturated rings. The molecule has 2 aromatic rings. The fourth-order valence-electron chi connectivity index (χ4n) is 1.78. The molecule has 0 spiro atoms. The number of nitrogens with one attached hydrogen (secondary N) is 2. The molecule has 2 amide bonds. The Hall–Kier alpha value is -2.97. The summed E-state index contributed by atoms with van der Waals surface area (Å²) in [6.07, 6.45) is -3.52. The van der Waals surface area contributed by atoms with Gasteiger partial charge in [0.2, 0.25) is 5.91 Å². The van der Waals surface area contributed by atoms with Crippen LogP contribution < -0.4 is 15.4 Å². The number of alkyl halides is 3. The van der Waals surface area contributed by atoms with E-state index in [2.05, 4.69) is 15.4 Å². The van der Waals surface area contributed by atoms with Crippen LogP contribution in [0.3, 0.4) is 0 Å². The van der Waals surface area contributed by atoms with E-state index in [1.807, 2.05) is 0 Å². The van der Waals surface area contributed by atoms with Crippen LogP contribution in [0.4, 0.5) is 18.9 Å². The van der Waals surface area contributed by atoms with Crippen LogP contribution in [0, 0.1) is 0 Å². The SMILES string of the molecule is O=C(CCNC(=O)c1ccco1)Nc1cccc(OC(F)(F)F)c1. The van der Waals surface area contributed by atoms with Crippen LogP contribution in [-0.4, -0.2) is 24.7 Å². The minimum Gasteiger partial charge on any atom is -0.459 e. The summed E-state index contributed by atoms with van der Waals surface area (Å²) >= 11 is 0. The number of hydrogen-bond donors (Lipinski definition) is 2. The van der Waals surface area contributed by atoms with Crippen molar-refractivity contribution < 1.29 is 31.9 Å². The van der Waals surface area contributed by atoms with Gasteiger partial charge in [-0.1, -0.05) is 6.07 Å². The Morgan fingerprint density at radius 3 is 2.62 bits per heavy atom. The average Bonchev–Trinajstić information content (AvgIpc) is 2.99. The number of hydrogen-bond acceptors (Lipinski definition) is 4. The maximum Gasteiger partial charge on any atom is 0.573 e. The van der Waals surface area contributed by atoms with Gasteiger partial charge in [0.1, 0.15) is 5.75 Å². The van der Waals surface area contributed by atoms with E-state index in [1.54, 1.807) is 6.07 Å². The smallest absolute Gasteiger partial charge is 0.459 e. The summed E-state index contributed by atoms with van der Waals surface area (Å²) in [6, 6.07) is 7.93. The maximum atomic E-state index is 12.1. The third kappa shape index (κ3) is 5.67. The second-order valence-corrected chi connectivity index (χ2v) is 4.61. The van der Waals surface area contributed by atoms with E-state index in [0.29, 0.717) is 0 Å². The lowest BCUT2D eigenvalue weighted by Gasteiger charge is -2.10. The Bertz CT molecular complexity index is 699. The first-order valence-electron chi connectivity index (χ1n) is 6.81. The maximum absolute atomic E-state index is 12.1. The first-order chi connectivity index (χ1) is 11.3. The number of amides is 2. The summed E-state index contributed by atoms with van der Waals surface area (Å²) in [5.41, 5.74) is 0.152. The molecule has 1 heterocycles. The van der Waals surface area contributed by atoms with Gasteiger partial charge in [-0.2, -0.15) is 0 Å². The van der Waals surface area contributed by atoms with Gasteiger partial charge in [-0.3, -0.25) is 9.59 Å². The third-order valence-corrected chi connectivity index (χ3v) is 2.73. The van der Waals surface area contributed by atoms with Crippen molar-refractivity contribution in [1.82, 2.24) is 5.32 Å². The normalized spacial score (nSPS) is 11.0. The fourth-order valence-corrected chi connectivity index (χ4v) is 1.78.